The number of nitrogens with zero attached hydrogens (tertiary/aromatic N) is 1. The minimum atomic E-state index is 0.682. The first-order chi connectivity index (χ1) is 8.18. The second kappa shape index (κ2) is 12.4. The van der Waals surface area contributed by atoms with E-state index in [4.69, 9.17) is 0 Å². The first-order valence-corrected chi connectivity index (χ1v) is 7.59. The maximum absolute atomic E-state index is 3.55. The lowest BCUT2D eigenvalue weighted by molar-refractivity contribution is 0.268. The SMILES string of the molecule is CCCCCCCNCCCCN(C)C(C)C. The maximum atomic E-state index is 3.55. The number of nitrogens with one attached hydrogen (secondary N) is 1. The molecule has 0 aliphatic heterocycles. The molecule has 0 unspecified atom stereocenters. The smallest absolute Gasteiger partial charge is 0.00355 e. The van der Waals surface area contributed by atoms with Gasteiger partial charge < -0.3 is 10.2 Å². The molecule has 2 nitrogen and oxygen atoms in total. The molecule has 0 spiro atoms. The summed E-state index contributed by atoms with van der Waals surface area (Å²) in [5.41, 5.74) is 0. The Hall–Kier alpha value is -0.0800. The first kappa shape index (κ1) is 16.9. The highest BCUT2D eigenvalue weighted by atomic mass is 15.1. The third kappa shape index (κ3) is 12.2. The summed E-state index contributed by atoms with van der Waals surface area (Å²) in [5.74, 6) is 0. The first-order valence-electron chi connectivity index (χ1n) is 7.59. The van der Waals surface area contributed by atoms with Crippen LogP contribution in [0.2, 0.25) is 0 Å². The van der Waals surface area contributed by atoms with E-state index in [0.29, 0.717) is 6.04 Å². The van der Waals surface area contributed by atoms with Gasteiger partial charge in [-0.05, 0) is 59.8 Å². The number of hydrogen-bond acceptors (Lipinski definition) is 2. The van der Waals surface area contributed by atoms with Crippen molar-refractivity contribution in [3.63, 3.8) is 0 Å². The average molecular weight is 242 g/mol. The van der Waals surface area contributed by atoms with Crippen LogP contribution in [0.25, 0.3) is 0 Å². The topological polar surface area (TPSA) is 15.3 Å². The Bertz CT molecular complexity index is 146. The van der Waals surface area contributed by atoms with E-state index < -0.39 is 0 Å². The zero-order valence-electron chi connectivity index (χ0n) is 12.6. The van der Waals surface area contributed by atoms with Crippen molar-refractivity contribution in [3.05, 3.63) is 0 Å². The molecule has 0 aromatic carbocycles. The van der Waals surface area contributed by atoms with Crippen molar-refractivity contribution in [2.24, 2.45) is 0 Å². The molecular formula is C15H34N2. The van der Waals surface area contributed by atoms with Crippen LogP contribution in [-0.2, 0) is 0 Å². The summed E-state index contributed by atoms with van der Waals surface area (Å²) in [4.78, 5) is 2.42. The molecule has 17 heavy (non-hydrogen) atoms. The number of unbranched alkanes of at least 4 members (excludes halogenated alkanes) is 5. The molecule has 0 aromatic rings. The molecule has 2 heteroatoms. The highest BCUT2D eigenvalue weighted by Gasteiger charge is 2.01. The minimum Gasteiger partial charge on any atom is -0.317 e. The van der Waals surface area contributed by atoms with Crippen molar-refractivity contribution < 1.29 is 0 Å². The van der Waals surface area contributed by atoms with Gasteiger partial charge >= 0.3 is 0 Å². The summed E-state index contributed by atoms with van der Waals surface area (Å²) >= 11 is 0. The van der Waals surface area contributed by atoms with Crippen molar-refractivity contribution in [3.8, 4) is 0 Å². The van der Waals surface area contributed by atoms with Crippen molar-refractivity contribution in [1.82, 2.24) is 10.2 Å². The molecule has 0 saturated carbocycles. The van der Waals surface area contributed by atoms with Gasteiger partial charge in [0, 0.05) is 6.04 Å². The highest BCUT2D eigenvalue weighted by molar-refractivity contribution is 4.57. The molecule has 0 aliphatic carbocycles. The molecule has 0 atom stereocenters. The summed E-state index contributed by atoms with van der Waals surface area (Å²) in [6.07, 6.45) is 9.54. The van der Waals surface area contributed by atoms with Crippen molar-refractivity contribution >= 4 is 0 Å². The van der Waals surface area contributed by atoms with Gasteiger partial charge in [-0.3, -0.25) is 0 Å². The van der Waals surface area contributed by atoms with Gasteiger partial charge in [-0.15, -0.1) is 0 Å². The van der Waals surface area contributed by atoms with Gasteiger partial charge in [0.1, 0.15) is 0 Å². The molecule has 1 N–H and O–H groups in total. The van der Waals surface area contributed by atoms with Gasteiger partial charge in [-0.25, -0.2) is 0 Å². The van der Waals surface area contributed by atoms with E-state index in [1.54, 1.807) is 0 Å². The Balaban J connectivity index is 3.03. The lowest BCUT2D eigenvalue weighted by Crippen LogP contribution is -2.28. The minimum absolute atomic E-state index is 0.682. The van der Waals surface area contributed by atoms with E-state index in [-0.39, 0.29) is 0 Å². The Morgan fingerprint density at radius 3 is 2.06 bits per heavy atom. The standard InChI is InChI=1S/C15H34N2/c1-5-6-7-8-9-12-16-13-10-11-14-17(4)15(2)3/h15-16H,5-14H2,1-4H3. The predicted molar refractivity (Wildman–Crippen MR) is 78.6 cm³/mol. The van der Waals surface area contributed by atoms with E-state index in [1.165, 1.54) is 64.6 Å². The van der Waals surface area contributed by atoms with E-state index in [1.807, 2.05) is 0 Å². The predicted octanol–water partition coefficient (Wildman–Crippen LogP) is 3.67. The van der Waals surface area contributed by atoms with Crippen LogP contribution < -0.4 is 5.32 Å². The molecule has 0 aromatic heterocycles. The molecule has 0 rings (SSSR count). The van der Waals surface area contributed by atoms with Crippen LogP contribution >= 0.6 is 0 Å². The van der Waals surface area contributed by atoms with Gasteiger partial charge in [0.05, 0.1) is 0 Å². The second-order valence-electron chi connectivity index (χ2n) is 5.45. The molecule has 104 valence electrons. The maximum Gasteiger partial charge on any atom is 0.00355 e. The Kier molecular flexibility index (Phi) is 12.3. The van der Waals surface area contributed by atoms with Crippen LogP contribution in [0.3, 0.4) is 0 Å². The fraction of sp³-hybridized carbons (Fsp3) is 1.00. The summed E-state index contributed by atoms with van der Waals surface area (Å²) < 4.78 is 0. The van der Waals surface area contributed by atoms with E-state index in [9.17, 15) is 0 Å². The molecule has 0 heterocycles. The zero-order valence-corrected chi connectivity index (χ0v) is 12.6. The van der Waals surface area contributed by atoms with Crippen LogP contribution in [0.1, 0.15) is 65.7 Å². The van der Waals surface area contributed by atoms with Crippen LogP contribution in [0, 0.1) is 0 Å². The number of hydrogen-bond donors (Lipinski definition) is 1. The van der Waals surface area contributed by atoms with Crippen molar-refractivity contribution in [2.45, 2.75) is 71.8 Å². The van der Waals surface area contributed by atoms with Gasteiger partial charge in [0.15, 0.2) is 0 Å². The average Bonchev–Trinajstić information content (AvgIpc) is 2.31. The molecule has 0 amide bonds. The van der Waals surface area contributed by atoms with E-state index in [0.717, 1.165) is 0 Å². The second-order valence-corrected chi connectivity index (χ2v) is 5.45. The summed E-state index contributed by atoms with van der Waals surface area (Å²) in [7, 11) is 2.21. The highest BCUT2D eigenvalue weighted by Crippen LogP contribution is 2.01. The Morgan fingerprint density at radius 1 is 0.882 bits per heavy atom. The van der Waals surface area contributed by atoms with Gasteiger partial charge in [0.25, 0.3) is 0 Å². The summed E-state index contributed by atoms with van der Waals surface area (Å²) in [6, 6.07) is 0.682. The molecule has 0 fully saturated rings. The van der Waals surface area contributed by atoms with Crippen LogP contribution in [0.15, 0.2) is 0 Å². The fourth-order valence-electron chi connectivity index (χ4n) is 1.85. The fourth-order valence-corrected chi connectivity index (χ4v) is 1.85. The van der Waals surface area contributed by atoms with Gasteiger partial charge in [-0.1, -0.05) is 32.6 Å². The lowest BCUT2D eigenvalue weighted by atomic mass is 10.1. The van der Waals surface area contributed by atoms with Crippen LogP contribution in [0.5, 0.6) is 0 Å². The zero-order chi connectivity index (χ0) is 12.9. The summed E-state index contributed by atoms with van der Waals surface area (Å²) in [5, 5.41) is 3.55. The third-order valence-corrected chi connectivity index (χ3v) is 3.45. The van der Waals surface area contributed by atoms with E-state index >= 15 is 0 Å². The van der Waals surface area contributed by atoms with Gasteiger partial charge in [0.2, 0.25) is 0 Å². The molecule has 0 radical (unpaired) electrons. The van der Waals surface area contributed by atoms with Crippen molar-refractivity contribution in [1.29, 1.82) is 0 Å². The number of rotatable bonds is 12. The molecule has 0 bridgehead atoms. The summed E-state index contributed by atoms with van der Waals surface area (Å²) in [6.45, 7) is 10.4. The van der Waals surface area contributed by atoms with E-state index in [2.05, 4.69) is 38.0 Å². The largest absolute Gasteiger partial charge is 0.317 e. The third-order valence-electron chi connectivity index (χ3n) is 3.45. The van der Waals surface area contributed by atoms with Crippen molar-refractivity contribution in [2.75, 3.05) is 26.7 Å². The normalized spacial score (nSPS) is 11.6. The Labute approximate surface area is 109 Å². The molecule has 0 aliphatic rings. The van der Waals surface area contributed by atoms with Gasteiger partial charge in [-0.2, -0.15) is 0 Å². The quantitative estimate of drug-likeness (QED) is 0.525. The van der Waals surface area contributed by atoms with Crippen LogP contribution in [0.4, 0.5) is 0 Å². The molecular weight excluding hydrogens is 208 g/mol. The van der Waals surface area contributed by atoms with Crippen LogP contribution in [-0.4, -0.2) is 37.6 Å². The monoisotopic (exact) mass is 242 g/mol. The lowest BCUT2D eigenvalue weighted by Gasteiger charge is -2.20. The Morgan fingerprint density at radius 2 is 1.47 bits per heavy atom. The molecule has 0 saturated heterocycles.